The minimum atomic E-state index is -0.930. The predicted molar refractivity (Wildman–Crippen MR) is 321 cm³/mol. The standard InChI is InChI=1S/C32H33N3O3S.C26H22N2O3S.C6H13NO/c1-21-17-25(23-5-7-24(8-6-23)31(37)35-15-13-32(2,38)14-16-35)18-26-19-28(39-30(21)26)11-10-27(36)9-3-22-4-12-29(33)34-20-22;1-16-12-20(18-4-6-19(7-5-18)26(30)31)13-21-14-23(32-25(16)21)10-9-22(29)8-2-17-3-11-24(27)28-15-17;1-6(8)2-4-7-5-3-6/h3-9,12,17-20,38H,10-11,13-16H2,1-2H3,(H2,33,34);2-8,11-15H,9-10H2,1H3,(H2,27,28)(H,30,31);7-8H,2-5H2,1H3/b9-3+;8-2+;. The SMILES string of the molecule is CC1(O)CCNCC1.Cc1cc(-c2ccc(C(=O)N3CCC(C)(O)CC3)cc2)cc2cc(CCC(=O)/C=C/c3ccc(N)nc3)sc12.Cc1cc(-c2ccc(C(=O)O)cc2)cc2cc(CCC(=O)/C=C/c3ccc(N)nc3)sc12. The molecule has 0 radical (unpaired) electrons. The Bertz CT molecular complexity index is 3490. The van der Waals surface area contributed by atoms with Crippen LogP contribution in [0.2, 0.25) is 0 Å². The van der Waals surface area contributed by atoms with Crippen molar-refractivity contribution in [2.24, 2.45) is 0 Å². The van der Waals surface area contributed by atoms with Crippen molar-refractivity contribution >= 4 is 90.1 Å². The lowest BCUT2D eigenvalue weighted by Gasteiger charge is -2.35. The van der Waals surface area contributed by atoms with Crippen molar-refractivity contribution < 1.29 is 34.5 Å². The van der Waals surface area contributed by atoms with Crippen LogP contribution in [0.25, 0.3) is 54.6 Å². The summed E-state index contributed by atoms with van der Waals surface area (Å²) < 4.78 is 2.44. The van der Waals surface area contributed by atoms with Gasteiger partial charge in [0.25, 0.3) is 5.91 Å². The van der Waals surface area contributed by atoms with Gasteiger partial charge in [0, 0.05) is 63.0 Å². The first kappa shape index (κ1) is 57.5. The molecule has 0 saturated carbocycles. The topological polar surface area (TPSA) is 222 Å². The number of benzene rings is 4. The molecular formula is C64H68N6O7S2. The number of carbonyl (C=O) groups is 4. The number of carboxylic acids is 1. The summed E-state index contributed by atoms with van der Waals surface area (Å²) in [5, 5.41) is 34.1. The van der Waals surface area contributed by atoms with E-state index in [1.165, 1.54) is 25.2 Å². The van der Waals surface area contributed by atoms with Gasteiger partial charge in [-0.3, -0.25) is 14.4 Å². The van der Waals surface area contributed by atoms with Crippen molar-refractivity contribution in [3.05, 3.63) is 177 Å². The molecule has 2 aliphatic heterocycles. The number of aromatic carboxylic acids is 1. The van der Waals surface area contributed by atoms with Crippen LogP contribution in [0.1, 0.15) is 105 Å². The number of amides is 1. The Morgan fingerprint density at radius 2 is 1.03 bits per heavy atom. The number of aromatic nitrogens is 2. The lowest BCUT2D eigenvalue weighted by Crippen LogP contribution is -2.45. The minimum Gasteiger partial charge on any atom is -0.478 e. The van der Waals surface area contributed by atoms with Gasteiger partial charge in [-0.2, -0.15) is 0 Å². The Labute approximate surface area is 469 Å². The zero-order valence-electron chi connectivity index (χ0n) is 45.1. The number of nitrogens with one attached hydrogen (secondary N) is 1. The van der Waals surface area contributed by atoms with E-state index in [-0.39, 0.29) is 28.6 Å². The zero-order chi connectivity index (χ0) is 56.3. The highest BCUT2D eigenvalue weighted by atomic mass is 32.1. The smallest absolute Gasteiger partial charge is 0.335 e. The molecule has 13 nitrogen and oxygen atoms in total. The Kier molecular flexibility index (Phi) is 18.8. The number of likely N-dealkylation sites (tertiary alicyclic amines) is 1. The fraction of sp³-hybridized carbons (Fsp3) is 0.281. The molecule has 0 unspecified atom stereocenters. The van der Waals surface area contributed by atoms with Crippen LogP contribution < -0.4 is 16.8 Å². The monoisotopic (exact) mass is 1100 g/mol. The number of anilines is 2. The van der Waals surface area contributed by atoms with E-state index in [2.05, 4.69) is 65.5 Å². The highest BCUT2D eigenvalue weighted by Gasteiger charge is 2.30. The lowest BCUT2D eigenvalue weighted by atomic mass is 9.93. The van der Waals surface area contributed by atoms with Crippen LogP contribution in [-0.4, -0.2) is 91.0 Å². The molecule has 8 aromatic rings. The van der Waals surface area contributed by atoms with Gasteiger partial charge in [-0.25, -0.2) is 14.8 Å². The molecule has 408 valence electrons. The Morgan fingerprint density at radius 3 is 1.42 bits per heavy atom. The normalized spacial score (nSPS) is 14.9. The van der Waals surface area contributed by atoms with Gasteiger partial charge in [0.05, 0.1) is 16.8 Å². The van der Waals surface area contributed by atoms with Gasteiger partial charge in [-0.05, 0) is 244 Å². The second-order valence-corrected chi connectivity index (χ2v) is 23.2. The third-order valence-electron chi connectivity index (χ3n) is 14.2. The first-order valence-electron chi connectivity index (χ1n) is 26.6. The Balaban J connectivity index is 0.000000185. The number of hydrogen-bond acceptors (Lipinski definition) is 13. The maximum absolute atomic E-state index is 12.9. The number of hydrogen-bond donors (Lipinski definition) is 6. The number of pyridine rings is 2. The lowest BCUT2D eigenvalue weighted by molar-refractivity contribution is -0.115. The molecule has 1 amide bonds. The minimum absolute atomic E-state index is 0.0145. The third kappa shape index (κ3) is 16.2. The van der Waals surface area contributed by atoms with Crippen LogP contribution >= 0.6 is 22.7 Å². The van der Waals surface area contributed by atoms with Gasteiger partial charge in [0.15, 0.2) is 11.6 Å². The molecule has 0 spiro atoms. The van der Waals surface area contributed by atoms with Gasteiger partial charge in [-0.15, -0.1) is 22.7 Å². The Morgan fingerprint density at radius 1 is 0.595 bits per heavy atom. The van der Waals surface area contributed by atoms with E-state index in [1.807, 2.05) is 67.3 Å². The first-order valence-corrected chi connectivity index (χ1v) is 28.2. The van der Waals surface area contributed by atoms with Crippen LogP contribution in [0.5, 0.6) is 0 Å². The largest absolute Gasteiger partial charge is 0.478 e. The summed E-state index contributed by atoms with van der Waals surface area (Å²) >= 11 is 3.45. The number of nitrogens with zero attached hydrogens (tertiary/aromatic N) is 3. The second kappa shape index (κ2) is 25.9. The van der Waals surface area contributed by atoms with Crippen molar-refractivity contribution in [3.63, 3.8) is 0 Å². The van der Waals surface area contributed by atoms with E-state index in [4.69, 9.17) is 16.6 Å². The summed E-state index contributed by atoms with van der Waals surface area (Å²) in [5.74, 6) is 0.134. The first-order chi connectivity index (χ1) is 37.8. The molecule has 15 heteroatoms. The number of fused-ring (bicyclic) bond motifs is 2. The van der Waals surface area contributed by atoms with E-state index in [9.17, 15) is 29.4 Å². The maximum Gasteiger partial charge on any atom is 0.335 e. The number of aryl methyl sites for hydroxylation is 4. The van der Waals surface area contributed by atoms with E-state index in [1.54, 1.807) is 83.6 Å². The summed E-state index contributed by atoms with van der Waals surface area (Å²) in [6.45, 7) is 11.0. The zero-order valence-corrected chi connectivity index (χ0v) is 46.8. The van der Waals surface area contributed by atoms with Crippen LogP contribution in [0.15, 0.2) is 134 Å². The number of nitrogens with two attached hydrogens (primary N) is 2. The summed E-state index contributed by atoms with van der Waals surface area (Å²) in [6.07, 6.45) is 15.3. The average Bonchev–Trinajstić information content (AvgIpc) is 4.11. The number of carboxylic acid groups (broad SMARTS) is 1. The number of allylic oxidation sites excluding steroid dienone is 2. The molecule has 0 bridgehead atoms. The molecule has 4 aromatic heterocycles. The fourth-order valence-corrected chi connectivity index (χ4v) is 11.6. The summed E-state index contributed by atoms with van der Waals surface area (Å²) in [7, 11) is 0. The van der Waals surface area contributed by atoms with E-state index >= 15 is 0 Å². The van der Waals surface area contributed by atoms with Gasteiger partial charge in [-0.1, -0.05) is 24.3 Å². The number of aliphatic hydroxyl groups is 2. The Hall–Kier alpha value is -7.66. The van der Waals surface area contributed by atoms with Crippen LogP contribution in [0.4, 0.5) is 11.6 Å². The second-order valence-electron chi connectivity index (χ2n) is 21.0. The molecule has 0 atom stereocenters. The van der Waals surface area contributed by atoms with Crippen LogP contribution in [0.3, 0.4) is 0 Å². The van der Waals surface area contributed by atoms with Crippen molar-refractivity contribution in [2.45, 2.75) is 90.3 Å². The maximum atomic E-state index is 12.9. The molecule has 2 saturated heterocycles. The molecule has 4 aromatic carbocycles. The predicted octanol–water partition coefficient (Wildman–Crippen LogP) is 11.9. The van der Waals surface area contributed by atoms with Crippen LogP contribution in [0, 0.1) is 13.8 Å². The quantitative estimate of drug-likeness (QED) is 0.0560. The van der Waals surface area contributed by atoms with Crippen molar-refractivity contribution in [1.29, 1.82) is 0 Å². The molecule has 2 aliphatic rings. The molecule has 2 fully saturated rings. The van der Waals surface area contributed by atoms with Crippen molar-refractivity contribution in [2.75, 3.05) is 37.6 Å². The third-order valence-corrected chi connectivity index (χ3v) is 16.9. The molecule has 79 heavy (non-hydrogen) atoms. The van der Waals surface area contributed by atoms with Gasteiger partial charge >= 0.3 is 5.97 Å². The summed E-state index contributed by atoms with van der Waals surface area (Å²) in [5.41, 5.74) is 19.3. The van der Waals surface area contributed by atoms with Crippen molar-refractivity contribution in [1.82, 2.24) is 20.2 Å². The highest BCUT2D eigenvalue weighted by Crippen LogP contribution is 2.36. The number of ketones is 2. The molecule has 10 rings (SSSR count). The number of rotatable bonds is 14. The molecule has 0 aliphatic carbocycles. The molecule has 6 heterocycles. The van der Waals surface area contributed by atoms with Crippen molar-refractivity contribution in [3.8, 4) is 22.3 Å². The summed E-state index contributed by atoms with van der Waals surface area (Å²) in [4.78, 5) is 60.9. The average molecular weight is 1100 g/mol. The van der Waals surface area contributed by atoms with E-state index < -0.39 is 11.6 Å². The van der Waals surface area contributed by atoms with E-state index in [0.29, 0.717) is 68.8 Å². The number of thiophene rings is 2. The van der Waals surface area contributed by atoms with Gasteiger partial charge in [0.1, 0.15) is 11.6 Å². The number of piperidine rings is 2. The highest BCUT2D eigenvalue weighted by molar-refractivity contribution is 7.19. The molecule has 8 N–H and O–H groups in total. The fourth-order valence-electron chi connectivity index (χ4n) is 9.36. The number of carbonyl (C=O) groups excluding carboxylic acids is 3. The van der Waals surface area contributed by atoms with Gasteiger partial charge < -0.3 is 37.0 Å². The van der Waals surface area contributed by atoms with Crippen LogP contribution in [-0.2, 0) is 22.4 Å². The number of nitrogen functional groups attached to an aromatic ring is 2. The molecular weight excluding hydrogens is 1030 g/mol. The van der Waals surface area contributed by atoms with E-state index in [0.717, 1.165) is 75.1 Å². The van der Waals surface area contributed by atoms with Gasteiger partial charge in [0.2, 0.25) is 0 Å². The summed E-state index contributed by atoms with van der Waals surface area (Å²) in [6, 6.07) is 34.7.